The molecule has 8 heteroatoms. The lowest BCUT2D eigenvalue weighted by Crippen LogP contribution is -2.54. The van der Waals surface area contributed by atoms with Gasteiger partial charge in [-0.25, -0.2) is 4.98 Å². The summed E-state index contributed by atoms with van der Waals surface area (Å²) in [4.78, 5) is 19.6. The molecule has 0 atom stereocenters. The minimum absolute atomic E-state index is 0.00663. The van der Waals surface area contributed by atoms with Crippen molar-refractivity contribution in [1.82, 2.24) is 30.0 Å². The van der Waals surface area contributed by atoms with Crippen LogP contribution in [0.3, 0.4) is 0 Å². The maximum Gasteiger partial charge on any atom is 0.246 e. The Labute approximate surface area is 157 Å². The highest BCUT2D eigenvalue weighted by Crippen LogP contribution is 2.31. The molecule has 0 radical (unpaired) electrons. The Kier molecular flexibility index (Phi) is 4.81. The first-order chi connectivity index (χ1) is 13.2. The van der Waals surface area contributed by atoms with Gasteiger partial charge in [-0.15, -0.1) is 0 Å². The van der Waals surface area contributed by atoms with Gasteiger partial charge in [-0.3, -0.25) is 14.8 Å². The van der Waals surface area contributed by atoms with Crippen LogP contribution in [0.2, 0.25) is 0 Å². The van der Waals surface area contributed by atoms with E-state index in [1.807, 2.05) is 29.8 Å². The molecule has 1 fully saturated rings. The molecule has 0 saturated carbocycles. The molecule has 27 heavy (non-hydrogen) atoms. The smallest absolute Gasteiger partial charge is 0.246 e. The Hall–Kier alpha value is -2.87. The molecule has 4 rings (SSSR count). The van der Waals surface area contributed by atoms with E-state index in [2.05, 4.69) is 31.5 Å². The molecule has 1 aliphatic heterocycles. The molecule has 0 spiro atoms. The van der Waals surface area contributed by atoms with Crippen LogP contribution in [-0.2, 0) is 23.4 Å². The topological polar surface area (TPSA) is 92.0 Å². The highest BCUT2D eigenvalue weighted by atomic mass is 16.3. The number of H-pyrrole nitrogens is 1. The van der Waals surface area contributed by atoms with E-state index in [1.165, 1.54) is 0 Å². The summed E-state index contributed by atoms with van der Waals surface area (Å²) >= 11 is 0. The number of imidazole rings is 1. The molecule has 1 saturated heterocycles. The quantitative estimate of drug-likeness (QED) is 0.692. The summed E-state index contributed by atoms with van der Waals surface area (Å²) in [7, 11) is 0. The zero-order valence-electron chi connectivity index (χ0n) is 15.4. The zero-order valence-corrected chi connectivity index (χ0v) is 15.4. The number of rotatable bonds is 6. The third kappa shape index (κ3) is 3.66. The van der Waals surface area contributed by atoms with Gasteiger partial charge in [-0.05, 0) is 38.0 Å². The van der Waals surface area contributed by atoms with Crippen molar-refractivity contribution in [3.8, 4) is 0 Å². The van der Waals surface area contributed by atoms with Crippen molar-refractivity contribution >= 4 is 5.91 Å². The van der Waals surface area contributed by atoms with Crippen molar-refractivity contribution < 1.29 is 9.21 Å². The van der Waals surface area contributed by atoms with Crippen molar-refractivity contribution in [1.29, 1.82) is 0 Å². The van der Waals surface area contributed by atoms with Crippen LogP contribution >= 0.6 is 0 Å². The number of carbonyl (C=O) groups excluding carboxylic acids is 1. The van der Waals surface area contributed by atoms with Gasteiger partial charge in [0.05, 0.1) is 24.8 Å². The van der Waals surface area contributed by atoms with E-state index in [0.29, 0.717) is 6.54 Å². The lowest BCUT2D eigenvalue weighted by atomic mass is 9.86. The summed E-state index contributed by atoms with van der Waals surface area (Å²) in [6.07, 6.45) is 8.38. The Bertz CT molecular complexity index is 860. The monoisotopic (exact) mass is 368 g/mol. The molecule has 142 valence electrons. The first-order valence-corrected chi connectivity index (χ1v) is 9.18. The SMILES string of the molecule is Cc1cc(CN2CCC(C(=O)NCc3ccco3)(n3ccnc3)CC2)n[nH]1. The predicted octanol–water partition coefficient (Wildman–Crippen LogP) is 1.82. The summed E-state index contributed by atoms with van der Waals surface area (Å²) in [5.41, 5.74) is 1.47. The van der Waals surface area contributed by atoms with E-state index < -0.39 is 5.54 Å². The second-order valence-electron chi connectivity index (χ2n) is 7.08. The lowest BCUT2D eigenvalue weighted by molar-refractivity contribution is -0.133. The number of aromatic amines is 1. The van der Waals surface area contributed by atoms with Crippen molar-refractivity contribution in [3.63, 3.8) is 0 Å². The number of aryl methyl sites for hydroxylation is 1. The largest absolute Gasteiger partial charge is 0.467 e. The molecule has 0 aromatic carbocycles. The molecular weight excluding hydrogens is 344 g/mol. The second-order valence-corrected chi connectivity index (χ2v) is 7.08. The van der Waals surface area contributed by atoms with Crippen LogP contribution in [0.1, 0.15) is 30.0 Å². The van der Waals surface area contributed by atoms with Crippen LogP contribution in [0, 0.1) is 6.92 Å². The standard InChI is InChI=1S/C19H24N6O2/c1-15-11-16(23-22-15)13-24-7-4-19(5-8-24,25-9-6-20-14-25)18(26)21-12-17-3-2-10-27-17/h2-3,6,9-11,14H,4-5,7-8,12-13H2,1H3,(H,21,26)(H,22,23). The first kappa shape index (κ1) is 17.5. The van der Waals surface area contributed by atoms with E-state index in [9.17, 15) is 4.79 Å². The number of hydrogen-bond acceptors (Lipinski definition) is 5. The second kappa shape index (κ2) is 7.40. The van der Waals surface area contributed by atoms with Gasteiger partial charge in [0.25, 0.3) is 0 Å². The minimum atomic E-state index is -0.624. The number of carbonyl (C=O) groups is 1. The Morgan fingerprint density at radius 3 is 2.89 bits per heavy atom. The molecule has 0 unspecified atom stereocenters. The van der Waals surface area contributed by atoms with Gasteiger partial charge in [0.2, 0.25) is 5.91 Å². The lowest BCUT2D eigenvalue weighted by Gasteiger charge is -2.41. The van der Waals surface area contributed by atoms with Crippen molar-refractivity contribution in [3.05, 3.63) is 60.3 Å². The van der Waals surface area contributed by atoms with Crippen LogP contribution in [0.25, 0.3) is 0 Å². The Morgan fingerprint density at radius 1 is 1.41 bits per heavy atom. The van der Waals surface area contributed by atoms with Gasteiger partial charge < -0.3 is 14.3 Å². The molecule has 3 aromatic heterocycles. The fourth-order valence-electron chi connectivity index (χ4n) is 3.73. The summed E-state index contributed by atoms with van der Waals surface area (Å²) in [6, 6.07) is 5.74. The summed E-state index contributed by atoms with van der Waals surface area (Å²) < 4.78 is 7.27. The van der Waals surface area contributed by atoms with Gasteiger partial charge in [-0.2, -0.15) is 5.10 Å². The molecular formula is C19H24N6O2. The number of aromatic nitrogens is 4. The predicted molar refractivity (Wildman–Crippen MR) is 98.6 cm³/mol. The molecule has 4 heterocycles. The van der Waals surface area contributed by atoms with Crippen LogP contribution in [0.5, 0.6) is 0 Å². The summed E-state index contributed by atoms with van der Waals surface area (Å²) in [5, 5.41) is 10.3. The van der Waals surface area contributed by atoms with Crippen LogP contribution in [0.4, 0.5) is 0 Å². The van der Waals surface area contributed by atoms with Gasteiger partial charge in [-0.1, -0.05) is 0 Å². The summed E-state index contributed by atoms with van der Waals surface area (Å²) in [5.74, 6) is 0.752. The van der Waals surface area contributed by atoms with E-state index >= 15 is 0 Å². The van der Waals surface area contributed by atoms with Crippen molar-refractivity contribution in [2.75, 3.05) is 13.1 Å². The highest BCUT2D eigenvalue weighted by Gasteiger charge is 2.42. The molecule has 0 bridgehead atoms. The molecule has 1 amide bonds. The van der Waals surface area contributed by atoms with Gasteiger partial charge in [0, 0.05) is 37.7 Å². The van der Waals surface area contributed by atoms with Crippen LogP contribution in [-0.4, -0.2) is 43.6 Å². The minimum Gasteiger partial charge on any atom is -0.467 e. The van der Waals surface area contributed by atoms with Gasteiger partial charge >= 0.3 is 0 Å². The maximum atomic E-state index is 13.1. The van der Waals surface area contributed by atoms with E-state index in [1.54, 1.807) is 18.8 Å². The Balaban J connectivity index is 1.45. The normalized spacial score (nSPS) is 17.1. The van der Waals surface area contributed by atoms with Crippen molar-refractivity contribution in [2.45, 2.75) is 38.4 Å². The number of piperidine rings is 1. The highest BCUT2D eigenvalue weighted by molar-refractivity contribution is 5.84. The number of amides is 1. The molecule has 0 aliphatic carbocycles. The zero-order chi connectivity index (χ0) is 18.7. The number of nitrogens with one attached hydrogen (secondary N) is 2. The third-order valence-corrected chi connectivity index (χ3v) is 5.25. The van der Waals surface area contributed by atoms with Crippen molar-refractivity contribution in [2.24, 2.45) is 0 Å². The van der Waals surface area contributed by atoms with Gasteiger partial charge in [0.15, 0.2) is 0 Å². The van der Waals surface area contributed by atoms with E-state index in [0.717, 1.165) is 49.6 Å². The van der Waals surface area contributed by atoms with E-state index in [4.69, 9.17) is 4.42 Å². The third-order valence-electron chi connectivity index (χ3n) is 5.25. The molecule has 2 N–H and O–H groups in total. The van der Waals surface area contributed by atoms with E-state index in [-0.39, 0.29) is 5.91 Å². The van der Waals surface area contributed by atoms with Crippen LogP contribution < -0.4 is 5.32 Å². The number of furan rings is 1. The average molecular weight is 368 g/mol. The summed E-state index contributed by atoms with van der Waals surface area (Å²) in [6.45, 7) is 4.81. The Morgan fingerprint density at radius 2 is 2.26 bits per heavy atom. The average Bonchev–Trinajstić information content (AvgIpc) is 3.44. The fraction of sp³-hybridized carbons (Fsp3) is 0.421. The first-order valence-electron chi connectivity index (χ1n) is 9.18. The fourth-order valence-corrected chi connectivity index (χ4v) is 3.73. The van der Waals surface area contributed by atoms with Gasteiger partial charge in [0.1, 0.15) is 11.3 Å². The number of nitrogens with zero attached hydrogens (tertiary/aromatic N) is 4. The van der Waals surface area contributed by atoms with Crippen LogP contribution in [0.15, 0.2) is 47.6 Å². The molecule has 8 nitrogen and oxygen atoms in total. The number of hydrogen-bond donors (Lipinski definition) is 2. The number of likely N-dealkylation sites (tertiary alicyclic amines) is 1. The molecule has 3 aromatic rings. The molecule has 1 aliphatic rings. The maximum absolute atomic E-state index is 13.1.